The fourth-order valence-electron chi connectivity index (χ4n) is 7.83. The van der Waals surface area contributed by atoms with Crippen LogP contribution in [0.5, 0.6) is 0 Å². The summed E-state index contributed by atoms with van der Waals surface area (Å²) in [5, 5.41) is 8.45. The molecule has 4 atom stereocenters. The second-order valence-electron chi connectivity index (χ2n) is 16.6. The Morgan fingerprint density at radius 3 is 1.05 bits per heavy atom. The number of aldehydes is 1. The average Bonchev–Trinajstić information content (AvgIpc) is 4.00. The molecule has 81 heavy (non-hydrogen) atoms. The van der Waals surface area contributed by atoms with Gasteiger partial charge >= 0.3 is 55.6 Å². The number of alkyl halides is 9. The van der Waals surface area contributed by atoms with E-state index in [-0.39, 0.29) is 127 Å². The van der Waals surface area contributed by atoms with E-state index in [0.717, 1.165) is 72.5 Å². The smallest absolute Gasteiger partial charge is 0.813 e. The molecule has 0 amide bonds. The number of rotatable bonds is 6. The van der Waals surface area contributed by atoms with Crippen molar-refractivity contribution in [2.75, 3.05) is 58.0 Å². The van der Waals surface area contributed by atoms with Crippen LogP contribution in [0.25, 0.3) is 0 Å². The van der Waals surface area contributed by atoms with E-state index in [1.54, 1.807) is 0 Å². The maximum Gasteiger partial charge on any atom is 2.00 e. The Bertz CT molecular complexity index is 2610. The van der Waals surface area contributed by atoms with Gasteiger partial charge in [-0.25, -0.2) is 38.2 Å². The minimum Gasteiger partial charge on any atom is -0.813 e. The zero-order chi connectivity index (χ0) is 57.3. The maximum atomic E-state index is 12.6. The number of sulfonamides is 3. The molecule has 10 N–H and O–H groups in total. The summed E-state index contributed by atoms with van der Waals surface area (Å²) in [6.07, 6.45) is -7.30. The summed E-state index contributed by atoms with van der Waals surface area (Å²) >= 11 is 1.90. The number of nitrogens with two attached hydrogens (primary N) is 4. The van der Waals surface area contributed by atoms with Crippen LogP contribution in [0.1, 0.15) is 83.4 Å². The van der Waals surface area contributed by atoms with Gasteiger partial charge in [0.05, 0.1) is 47.5 Å². The Kier molecular flexibility index (Phi) is 41.5. The van der Waals surface area contributed by atoms with Gasteiger partial charge in [0.2, 0.25) is 30.1 Å². The van der Waals surface area contributed by atoms with E-state index in [4.69, 9.17) is 0 Å². The number of halogens is 10. The Morgan fingerprint density at radius 1 is 0.543 bits per heavy atom. The second kappa shape index (κ2) is 38.5. The molecular weight excluding hydrogens is 1380 g/mol. The molecule has 0 aromatic heterocycles. The van der Waals surface area contributed by atoms with E-state index in [2.05, 4.69) is 49.4 Å². The van der Waals surface area contributed by atoms with Gasteiger partial charge < -0.3 is 67.9 Å². The number of hydrazone groups is 2. The molecule has 3 aromatic rings. The number of carbonyl (C=O) groups excluding carboxylic acids is 2. The number of ketones is 1. The number of thiol groups is 2. The first-order chi connectivity index (χ1) is 34.9. The Balaban J connectivity index is -0.000000312. The minimum atomic E-state index is -4.37. The molecule has 5 aliphatic heterocycles. The molecule has 2 radical (unpaired) electrons. The summed E-state index contributed by atoms with van der Waals surface area (Å²) in [5.74, 6) is 15.8. The number of hydrogen-bond acceptors (Lipinski definition) is 18. The largest absolute Gasteiger partial charge is 2.00 e. The van der Waals surface area contributed by atoms with Gasteiger partial charge in [-0.3, -0.25) is 37.9 Å². The molecule has 0 unspecified atom stereocenters. The average molecular weight is 1450 g/mol. The van der Waals surface area contributed by atoms with Crippen LogP contribution in [0.4, 0.5) is 39.5 Å². The molecule has 5 aliphatic rings. The molecule has 0 aliphatic carbocycles. The van der Waals surface area contributed by atoms with Crippen molar-refractivity contribution in [3.63, 3.8) is 0 Å². The van der Waals surface area contributed by atoms with Crippen molar-refractivity contribution in [2.45, 2.75) is 63.7 Å². The number of Topliss-reactive ketones (excluding diaryl/α,β-unsaturated/α-hetero) is 1. The van der Waals surface area contributed by atoms with Crippen LogP contribution in [-0.4, -0.2) is 120 Å². The number of carbonyl (C=O) groups is 2. The third kappa shape index (κ3) is 27.2. The van der Waals surface area contributed by atoms with Gasteiger partial charge in [0.1, 0.15) is 12.1 Å². The van der Waals surface area contributed by atoms with Crippen molar-refractivity contribution in [3.8, 4) is 0 Å². The molecule has 0 spiro atoms. The number of benzene rings is 3. The van der Waals surface area contributed by atoms with Crippen molar-refractivity contribution < 1.29 is 111 Å². The van der Waals surface area contributed by atoms with Crippen molar-refractivity contribution in [3.05, 3.63) is 119 Å². The van der Waals surface area contributed by atoms with Crippen LogP contribution in [0.2, 0.25) is 0 Å². The van der Waals surface area contributed by atoms with E-state index < -0.39 is 65.3 Å². The summed E-state index contributed by atoms with van der Waals surface area (Å²) in [6.45, 7) is 2.06. The summed E-state index contributed by atoms with van der Waals surface area (Å²) in [6, 6.07) is 13.2. The van der Waals surface area contributed by atoms with Crippen LogP contribution in [0.3, 0.4) is 0 Å². The third-order valence-corrected chi connectivity index (χ3v) is 15.5. The van der Waals surface area contributed by atoms with E-state index in [1.165, 1.54) is 43.4 Å². The van der Waals surface area contributed by atoms with Gasteiger partial charge in [-0.2, -0.15) is 49.7 Å². The Labute approximate surface area is 520 Å². The zero-order valence-electron chi connectivity index (χ0n) is 43.2. The first-order valence-electron chi connectivity index (χ1n) is 21.8. The summed E-state index contributed by atoms with van der Waals surface area (Å²) < 4.78 is 184. The van der Waals surface area contributed by atoms with Crippen molar-refractivity contribution in [1.29, 1.82) is 0 Å². The van der Waals surface area contributed by atoms with Gasteiger partial charge in [-0.1, -0.05) is 43.8 Å². The van der Waals surface area contributed by atoms with Gasteiger partial charge in [0.25, 0.3) is 0 Å². The number of nitrogens with zero attached hydrogens (tertiary/aromatic N) is 5. The number of hydrazine groups is 2. The van der Waals surface area contributed by atoms with Crippen LogP contribution >= 0.6 is 22.6 Å². The third-order valence-electron chi connectivity index (χ3n) is 11.6. The second-order valence-corrected chi connectivity index (χ2v) is 22.5. The summed E-state index contributed by atoms with van der Waals surface area (Å²) in [5.41, 5.74) is 7.01. The van der Waals surface area contributed by atoms with Crippen LogP contribution in [0.15, 0.2) is 83.0 Å². The number of hydrogen-bond donors (Lipinski definition) is 6. The number of nitrogens with one attached hydrogen (secondary N) is 2. The van der Waals surface area contributed by atoms with Crippen LogP contribution in [-0.2, 0) is 117 Å². The quantitative estimate of drug-likeness (QED) is 0.0260. The molecule has 0 saturated carbocycles. The standard InChI is InChI=1S/2C14H16F3N3O2S.C8H5F3O.C6H11NO3S.CH2I.CH4.CH3.2H4N2.2H2S.2V/c2*1-23(21,22)20-7-6-12-11(8-20)13(19-18-12)9-2-4-10(5-3-9)14(15,16)17;9-8(10,11)7-3-1-6(5-12)2-4-7;1-11(9,10)7-4-2-6(8)3-5-7;1-2;;;2*1-2;;;;/h2*2-5,11,13,19H,6-8H2,1H3;1-5H;2-5H2,1H3;1H2;1H4;1H3;2*1-2H2;2*1H2;;/q;;;;-1;;-1;;;;;2*+2/p-2/t11-,13+;11-,13-;;;;;;;;;;;/m11.........../s1. The topological polar surface area (TPSA) is 299 Å². The van der Waals surface area contributed by atoms with Gasteiger partial charge in [-0.15, -0.1) is 0 Å². The monoisotopic (exact) mass is 1450 g/mol. The minimum absolute atomic E-state index is 0. The zero-order valence-corrected chi connectivity index (χ0v) is 52.4. The molecule has 3 saturated heterocycles. The Hall–Kier alpha value is -2.52. The summed E-state index contributed by atoms with van der Waals surface area (Å²) in [4.78, 5) is 24.0. The number of fused-ring (bicyclic) bond motifs is 2. The van der Waals surface area contributed by atoms with E-state index in [9.17, 15) is 74.4 Å². The fraction of sp³-hybridized carbons (Fsp3) is 0.467. The number of piperidine rings is 3. The molecule has 8 rings (SSSR count). The predicted molar refractivity (Wildman–Crippen MR) is 303 cm³/mol. The van der Waals surface area contributed by atoms with Crippen molar-refractivity contribution >= 4 is 103 Å². The molecule has 19 nitrogen and oxygen atoms in total. The SMILES string of the molecule is C.CS(=O)(=O)N1CCC(=O)CC1.CS(=O)(=O)N1CCC2=NN[C@@H](c3ccc(C(F)(F)F)cc3)[C@@H]2C1.CS(=O)(=O)N1CCC2=NN[C@H](c3ccc(C(F)(F)F)cc3)[C@@H]2C1.NN.NN.O=Cc1ccc(C(F)(F)F)cc1.[CH2-]I.[CH3-].[SH-].[SH-].[V+2].[V+2]. The molecule has 5 heterocycles. The van der Waals surface area contributed by atoms with Crippen LogP contribution < -0.4 is 34.2 Å². The van der Waals surface area contributed by atoms with Crippen molar-refractivity contribution in [2.24, 2.45) is 45.4 Å². The molecule has 3 aromatic carbocycles. The van der Waals surface area contributed by atoms with E-state index in [1.807, 2.05) is 22.6 Å². The molecule has 0 bridgehead atoms. The molecular formula is C45H67F9IN11O8S5V2. The summed E-state index contributed by atoms with van der Waals surface area (Å²) in [7, 11) is -9.66. The first kappa shape index (κ1) is 87.3. The van der Waals surface area contributed by atoms with E-state index >= 15 is 0 Å². The predicted octanol–water partition coefficient (Wildman–Crippen LogP) is 5.49. The van der Waals surface area contributed by atoms with E-state index in [0.29, 0.717) is 69.3 Å². The van der Waals surface area contributed by atoms with Gasteiger partial charge in [0.15, 0.2) is 0 Å². The first-order valence-corrected chi connectivity index (χ1v) is 28.8. The fourth-order valence-corrected chi connectivity index (χ4v) is 10.4. The molecule has 36 heteroatoms. The van der Waals surface area contributed by atoms with Crippen molar-refractivity contribution in [1.82, 2.24) is 23.8 Å². The Morgan fingerprint density at radius 2 is 0.802 bits per heavy atom. The van der Waals surface area contributed by atoms with Gasteiger partial charge in [-0.05, 0) is 47.5 Å². The maximum absolute atomic E-state index is 12.6. The molecule has 460 valence electrons. The van der Waals surface area contributed by atoms with Crippen LogP contribution in [0, 0.1) is 24.2 Å². The normalized spacial score (nSPS) is 19.5. The molecule has 3 fully saturated rings. The van der Waals surface area contributed by atoms with Gasteiger partial charge in [0, 0.05) is 93.8 Å².